The van der Waals surface area contributed by atoms with Crippen LogP contribution in [-0.2, 0) is 22.7 Å². The first kappa shape index (κ1) is 19.2. The molecule has 4 nitrogen and oxygen atoms in total. The molecule has 0 radical (unpaired) electrons. The Morgan fingerprint density at radius 2 is 1.55 bits per heavy atom. The molecule has 3 aromatic carbocycles. The minimum Gasteiger partial charge on any atom is -0.439 e. The number of rotatable bonds is 5. The highest BCUT2D eigenvalue weighted by Gasteiger charge is 2.12. The third-order valence-electron chi connectivity index (χ3n) is 4.75. The second kappa shape index (κ2) is 8.45. The second-order valence-corrected chi connectivity index (χ2v) is 8.67. The summed E-state index contributed by atoms with van der Waals surface area (Å²) in [6.07, 6.45) is 4.71. The molecule has 0 saturated carbocycles. The van der Waals surface area contributed by atoms with Gasteiger partial charge in [-0.1, -0.05) is 42.5 Å². The Bertz CT molecular complexity index is 1150. The van der Waals surface area contributed by atoms with Gasteiger partial charge in [0.1, 0.15) is 5.75 Å². The van der Waals surface area contributed by atoms with Gasteiger partial charge in [-0.3, -0.25) is 0 Å². The average Bonchev–Trinajstić information content (AvgIpc) is 3.21. The van der Waals surface area contributed by atoms with Crippen molar-refractivity contribution in [2.75, 3.05) is 0 Å². The molecule has 5 heteroatoms. The summed E-state index contributed by atoms with van der Waals surface area (Å²) in [5.74, 6) is 0.808. The van der Waals surface area contributed by atoms with Gasteiger partial charge in [-0.25, -0.2) is 13.4 Å². The Labute approximate surface area is 171 Å². The van der Waals surface area contributed by atoms with Gasteiger partial charge < -0.3 is 4.74 Å². The van der Waals surface area contributed by atoms with Crippen LogP contribution < -0.4 is 4.74 Å². The lowest BCUT2D eigenvalue weighted by Gasteiger charge is -2.07. The third kappa shape index (κ3) is 4.81. The van der Waals surface area contributed by atoms with Crippen LogP contribution in [0.3, 0.4) is 0 Å². The molecule has 0 atom stereocenters. The zero-order valence-corrected chi connectivity index (χ0v) is 16.7. The molecule has 0 spiro atoms. The molecule has 29 heavy (non-hydrogen) atoms. The van der Waals surface area contributed by atoms with Crippen LogP contribution in [0.5, 0.6) is 5.75 Å². The molecule has 0 heterocycles. The Morgan fingerprint density at radius 1 is 0.862 bits per heavy atom. The van der Waals surface area contributed by atoms with Gasteiger partial charge in [0.2, 0.25) is 5.90 Å². The van der Waals surface area contributed by atoms with E-state index in [0.29, 0.717) is 5.75 Å². The standard InChI is InChI=1S/C24H21NO3S/c26-29(27,23-12-5-2-6-13-23)17-16-24(28-22-10-3-1-4-11-22)25-21-15-14-19-8-7-9-20(19)18-21/h1-6,10-18H,7-9H2/b17-16+,25-24-. The predicted molar refractivity (Wildman–Crippen MR) is 115 cm³/mol. The van der Waals surface area contributed by atoms with Crippen molar-refractivity contribution in [1.29, 1.82) is 0 Å². The van der Waals surface area contributed by atoms with Gasteiger partial charge >= 0.3 is 0 Å². The van der Waals surface area contributed by atoms with Crippen LogP contribution in [0.25, 0.3) is 0 Å². The van der Waals surface area contributed by atoms with Gasteiger partial charge in [-0.2, -0.15) is 0 Å². The fraction of sp³-hybridized carbons (Fsp3) is 0.125. The number of ether oxygens (including phenoxy) is 1. The SMILES string of the molecule is O=S(=O)(/C=C/C(=N/c1ccc2c(c1)CCC2)Oc1ccccc1)c1ccccc1. The molecule has 146 valence electrons. The first-order valence-electron chi connectivity index (χ1n) is 9.52. The maximum Gasteiger partial charge on any atom is 0.220 e. The van der Waals surface area contributed by atoms with Crippen molar-refractivity contribution in [3.8, 4) is 5.75 Å². The molecule has 0 N–H and O–H groups in total. The van der Waals surface area contributed by atoms with E-state index in [0.717, 1.165) is 30.4 Å². The molecule has 0 unspecified atom stereocenters. The number of aryl methyl sites for hydroxylation is 2. The van der Waals surface area contributed by atoms with Crippen LogP contribution in [0.1, 0.15) is 17.5 Å². The Kier molecular flexibility index (Phi) is 5.58. The van der Waals surface area contributed by atoms with Gasteiger partial charge in [-0.05, 0) is 66.8 Å². The van der Waals surface area contributed by atoms with Crippen LogP contribution in [-0.4, -0.2) is 14.3 Å². The van der Waals surface area contributed by atoms with Crippen LogP contribution in [0.2, 0.25) is 0 Å². The van der Waals surface area contributed by atoms with Gasteiger partial charge in [0.15, 0.2) is 9.84 Å². The lowest BCUT2D eigenvalue weighted by molar-refractivity contribution is 0.555. The van der Waals surface area contributed by atoms with E-state index in [9.17, 15) is 8.42 Å². The third-order valence-corrected chi connectivity index (χ3v) is 6.17. The molecule has 0 aliphatic heterocycles. The smallest absolute Gasteiger partial charge is 0.220 e. The zero-order valence-electron chi connectivity index (χ0n) is 15.9. The molecule has 0 bridgehead atoms. The van der Waals surface area contributed by atoms with Gasteiger partial charge in [0.25, 0.3) is 0 Å². The monoisotopic (exact) mass is 403 g/mol. The first-order chi connectivity index (χ1) is 14.1. The Morgan fingerprint density at radius 3 is 2.31 bits per heavy atom. The largest absolute Gasteiger partial charge is 0.439 e. The fourth-order valence-corrected chi connectivity index (χ4v) is 4.28. The molecule has 0 amide bonds. The topological polar surface area (TPSA) is 55.7 Å². The maximum atomic E-state index is 12.6. The number of nitrogens with zero attached hydrogens (tertiary/aromatic N) is 1. The van der Waals surface area contributed by atoms with Crippen LogP contribution in [0, 0.1) is 0 Å². The Balaban J connectivity index is 1.67. The normalized spacial score (nSPS) is 14.1. The van der Waals surface area contributed by atoms with E-state index in [1.165, 1.54) is 17.2 Å². The number of para-hydroxylation sites is 1. The van der Waals surface area contributed by atoms with E-state index < -0.39 is 9.84 Å². The van der Waals surface area contributed by atoms with Crippen LogP contribution in [0.15, 0.2) is 100 Å². The van der Waals surface area contributed by atoms with Crippen LogP contribution >= 0.6 is 0 Å². The van der Waals surface area contributed by atoms with Crippen molar-refractivity contribution >= 4 is 21.4 Å². The second-order valence-electron chi connectivity index (χ2n) is 6.83. The molecule has 1 aliphatic rings. The van der Waals surface area contributed by atoms with Crippen molar-refractivity contribution in [3.63, 3.8) is 0 Å². The van der Waals surface area contributed by atoms with Crippen molar-refractivity contribution < 1.29 is 13.2 Å². The summed E-state index contributed by atoms with van der Waals surface area (Å²) in [4.78, 5) is 4.80. The van der Waals surface area contributed by atoms with Crippen molar-refractivity contribution in [2.45, 2.75) is 24.2 Å². The average molecular weight is 404 g/mol. The van der Waals surface area contributed by atoms with E-state index >= 15 is 0 Å². The summed E-state index contributed by atoms with van der Waals surface area (Å²) in [5.41, 5.74) is 3.40. The van der Waals surface area contributed by atoms with Crippen molar-refractivity contribution in [1.82, 2.24) is 0 Å². The molecular weight excluding hydrogens is 382 g/mol. The maximum absolute atomic E-state index is 12.6. The molecule has 0 saturated heterocycles. The summed E-state index contributed by atoms with van der Waals surface area (Å²) in [6, 6.07) is 23.6. The van der Waals surface area contributed by atoms with Crippen LogP contribution in [0.4, 0.5) is 5.69 Å². The summed E-state index contributed by atoms with van der Waals surface area (Å²) in [7, 11) is -3.59. The van der Waals surface area contributed by atoms with Crippen molar-refractivity contribution in [2.24, 2.45) is 4.99 Å². The summed E-state index contributed by atoms with van der Waals surface area (Å²) < 4.78 is 31.1. The van der Waals surface area contributed by atoms with Gasteiger partial charge in [-0.15, -0.1) is 0 Å². The number of sulfone groups is 1. The number of aliphatic imine (C=N–C) groups is 1. The lowest BCUT2D eigenvalue weighted by atomic mass is 10.1. The summed E-state index contributed by atoms with van der Waals surface area (Å²) in [6.45, 7) is 0. The van der Waals surface area contributed by atoms with E-state index in [1.807, 2.05) is 24.3 Å². The number of benzene rings is 3. The quantitative estimate of drug-likeness (QED) is 0.431. The summed E-state index contributed by atoms with van der Waals surface area (Å²) >= 11 is 0. The molecular formula is C24H21NO3S. The molecule has 3 aromatic rings. The number of hydrogen-bond acceptors (Lipinski definition) is 4. The molecule has 4 rings (SSSR count). The summed E-state index contributed by atoms with van der Waals surface area (Å²) in [5, 5.41) is 1.14. The van der Waals surface area contributed by atoms with E-state index in [1.54, 1.807) is 42.5 Å². The minimum absolute atomic E-state index is 0.216. The number of fused-ring (bicyclic) bond motifs is 1. The highest BCUT2D eigenvalue weighted by Crippen LogP contribution is 2.26. The Hall–Kier alpha value is -3.18. The molecule has 1 aliphatic carbocycles. The highest BCUT2D eigenvalue weighted by atomic mass is 32.2. The fourth-order valence-electron chi connectivity index (χ4n) is 3.29. The molecule has 0 aromatic heterocycles. The number of hydrogen-bond donors (Lipinski definition) is 0. The van der Waals surface area contributed by atoms with Crippen molar-refractivity contribution in [3.05, 3.63) is 101 Å². The first-order valence-corrected chi connectivity index (χ1v) is 11.1. The van der Waals surface area contributed by atoms with E-state index in [-0.39, 0.29) is 10.8 Å². The predicted octanol–water partition coefficient (Wildman–Crippen LogP) is 5.27. The molecule has 0 fully saturated rings. The van der Waals surface area contributed by atoms with Gasteiger partial charge in [0.05, 0.1) is 10.6 Å². The minimum atomic E-state index is -3.59. The zero-order chi connectivity index (χ0) is 20.1. The van der Waals surface area contributed by atoms with E-state index in [2.05, 4.69) is 17.1 Å². The highest BCUT2D eigenvalue weighted by molar-refractivity contribution is 7.94. The van der Waals surface area contributed by atoms with Gasteiger partial charge in [0, 0.05) is 11.5 Å². The van der Waals surface area contributed by atoms with E-state index in [4.69, 9.17) is 4.74 Å². The lowest BCUT2D eigenvalue weighted by Crippen LogP contribution is -2.06.